The van der Waals surface area contributed by atoms with Crippen LogP contribution < -0.4 is 10.3 Å². The van der Waals surface area contributed by atoms with Crippen molar-refractivity contribution in [2.75, 3.05) is 7.11 Å². The summed E-state index contributed by atoms with van der Waals surface area (Å²) in [5.41, 5.74) is 1.18. The van der Waals surface area contributed by atoms with Crippen molar-refractivity contribution >= 4 is 11.8 Å². The number of aromatic nitrogens is 2. The zero-order valence-electron chi connectivity index (χ0n) is 13.9. The summed E-state index contributed by atoms with van der Waals surface area (Å²) in [6.07, 6.45) is 4.10. The number of aromatic hydroxyl groups is 1. The van der Waals surface area contributed by atoms with Crippen molar-refractivity contribution in [1.82, 2.24) is 9.55 Å². The fourth-order valence-electron chi connectivity index (χ4n) is 3.16. The summed E-state index contributed by atoms with van der Waals surface area (Å²) >= 11 is 1.37. The largest absolute Gasteiger partial charge is 0.496 e. The molecule has 1 aliphatic rings. The van der Waals surface area contributed by atoms with Crippen LogP contribution >= 0.6 is 11.8 Å². The number of ether oxygens (including phenoxy) is 1. The number of methoxy groups -OCH3 is 1. The van der Waals surface area contributed by atoms with E-state index in [0.29, 0.717) is 22.2 Å². The van der Waals surface area contributed by atoms with Crippen LogP contribution in [0.5, 0.6) is 11.6 Å². The van der Waals surface area contributed by atoms with Crippen molar-refractivity contribution in [3.63, 3.8) is 0 Å². The van der Waals surface area contributed by atoms with Crippen LogP contribution in [-0.4, -0.2) is 21.8 Å². The highest BCUT2D eigenvalue weighted by Gasteiger charge is 2.22. The zero-order chi connectivity index (χ0) is 17.8. The normalized spacial score (nSPS) is 14.4. The van der Waals surface area contributed by atoms with E-state index in [1.54, 1.807) is 29.9 Å². The number of rotatable bonds is 5. The zero-order valence-corrected chi connectivity index (χ0v) is 14.8. The lowest BCUT2D eigenvalue weighted by atomic mass is 10.1. The summed E-state index contributed by atoms with van der Waals surface area (Å²) < 4.78 is 7.04. The van der Waals surface area contributed by atoms with Crippen LogP contribution in [0, 0.1) is 11.3 Å². The lowest BCUT2D eigenvalue weighted by Gasteiger charge is -2.17. The first-order chi connectivity index (χ1) is 12.1. The molecule has 130 valence electrons. The molecule has 0 unspecified atom stereocenters. The van der Waals surface area contributed by atoms with Crippen molar-refractivity contribution in [2.45, 2.75) is 42.6 Å². The molecule has 1 fully saturated rings. The molecule has 25 heavy (non-hydrogen) atoms. The molecule has 1 aromatic carbocycles. The van der Waals surface area contributed by atoms with Crippen molar-refractivity contribution in [3.8, 4) is 17.7 Å². The highest BCUT2D eigenvalue weighted by Crippen LogP contribution is 2.34. The molecule has 1 aliphatic carbocycles. The Morgan fingerprint density at radius 3 is 2.84 bits per heavy atom. The predicted molar refractivity (Wildman–Crippen MR) is 94.9 cm³/mol. The van der Waals surface area contributed by atoms with Crippen LogP contribution in [0.1, 0.15) is 42.9 Å². The first kappa shape index (κ1) is 17.4. The van der Waals surface area contributed by atoms with Gasteiger partial charge in [-0.2, -0.15) is 10.2 Å². The van der Waals surface area contributed by atoms with E-state index in [1.165, 1.54) is 17.8 Å². The Kier molecular flexibility index (Phi) is 5.29. The van der Waals surface area contributed by atoms with Crippen LogP contribution in [0.3, 0.4) is 0 Å². The average Bonchev–Trinajstić information content (AvgIpc) is 3.13. The van der Waals surface area contributed by atoms with E-state index in [0.717, 1.165) is 31.2 Å². The van der Waals surface area contributed by atoms with E-state index in [1.807, 2.05) is 0 Å². The van der Waals surface area contributed by atoms with Gasteiger partial charge in [-0.1, -0.05) is 24.6 Å². The highest BCUT2D eigenvalue weighted by atomic mass is 32.2. The number of hydrogen-bond acceptors (Lipinski definition) is 6. The third-order valence-corrected chi connectivity index (χ3v) is 5.36. The van der Waals surface area contributed by atoms with Gasteiger partial charge in [0, 0.05) is 17.4 Å². The fourth-order valence-corrected chi connectivity index (χ4v) is 4.21. The van der Waals surface area contributed by atoms with Crippen molar-refractivity contribution in [2.24, 2.45) is 0 Å². The van der Waals surface area contributed by atoms with Crippen LogP contribution in [0.25, 0.3) is 0 Å². The quantitative estimate of drug-likeness (QED) is 0.653. The second-order valence-electron chi connectivity index (χ2n) is 5.97. The Bertz CT molecular complexity index is 867. The second-order valence-corrected chi connectivity index (χ2v) is 6.91. The minimum absolute atomic E-state index is 0.135. The summed E-state index contributed by atoms with van der Waals surface area (Å²) in [6.45, 7) is 0. The number of hydrogen-bond donors (Lipinski definition) is 1. The molecule has 0 spiro atoms. The Morgan fingerprint density at radius 2 is 2.16 bits per heavy atom. The molecule has 0 bridgehead atoms. The number of nitrogens with zero attached hydrogens (tertiary/aromatic N) is 3. The molecule has 1 N–H and O–H groups in total. The number of benzene rings is 1. The molecule has 1 aromatic heterocycles. The van der Waals surface area contributed by atoms with Gasteiger partial charge in [0.1, 0.15) is 5.75 Å². The van der Waals surface area contributed by atoms with E-state index in [-0.39, 0.29) is 17.5 Å². The van der Waals surface area contributed by atoms with Crippen molar-refractivity contribution in [1.29, 1.82) is 5.26 Å². The molecule has 0 radical (unpaired) electrons. The van der Waals surface area contributed by atoms with E-state index in [4.69, 9.17) is 10.00 Å². The van der Waals surface area contributed by atoms with Gasteiger partial charge in [0.2, 0.25) is 5.88 Å². The first-order valence-electron chi connectivity index (χ1n) is 8.14. The summed E-state index contributed by atoms with van der Waals surface area (Å²) in [6, 6.07) is 8.65. The third kappa shape index (κ3) is 3.80. The van der Waals surface area contributed by atoms with Gasteiger partial charge in [-0.05, 0) is 31.0 Å². The molecule has 0 atom stereocenters. The van der Waals surface area contributed by atoms with Gasteiger partial charge in [0.15, 0.2) is 5.16 Å². The lowest BCUT2D eigenvalue weighted by molar-refractivity contribution is 0.405. The topological polar surface area (TPSA) is 88.1 Å². The SMILES string of the molecule is COc1ccc(C#N)cc1CSc1nc(O)cc(=O)n1C1CCCC1. The molecular formula is C18H19N3O3S. The van der Waals surface area contributed by atoms with Gasteiger partial charge < -0.3 is 9.84 Å². The molecule has 1 saturated carbocycles. The molecule has 0 aliphatic heterocycles. The smallest absolute Gasteiger partial charge is 0.258 e. The summed E-state index contributed by atoms with van der Waals surface area (Å²) in [4.78, 5) is 16.5. The van der Waals surface area contributed by atoms with Crippen molar-refractivity contribution < 1.29 is 9.84 Å². The highest BCUT2D eigenvalue weighted by molar-refractivity contribution is 7.98. The van der Waals surface area contributed by atoms with Gasteiger partial charge in [-0.3, -0.25) is 9.36 Å². The van der Waals surface area contributed by atoms with Gasteiger partial charge in [0.05, 0.1) is 24.8 Å². The first-order valence-corrected chi connectivity index (χ1v) is 9.13. The monoisotopic (exact) mass is 357 g/mol. The molecule has 7 heteroatoms. The Hall–Kier alpha value is -2.46. The van der Waals surface area contributed by atoms with Crippen molar-refractivity contribution in [3.05, 3.63) is 45.7 Å². The van der Waals surface area contributed by atoms with E-state index in [2.05, 4.69) is 11.1 Å². The van der Waals surface area contributed by atoms with Gasteiger partial charge >= 0.3 is 0 Å². The standard InChI is InChI=1S/C18H19N3O3S/c1-24-15-7-6-12(10-19)8-13(15)11-25-18-20-16(22)9-17(23)21(18)14-4-2-3-5-14/h6-9,14,22H,2-5,11H2,1H3. The second kappa shape index (κ2) is 7.62. The molecule has 0 amide bonds. The lowest BCUT2D eigenvalue weighted by Crippen LogP contribution is -2.25. The minimum atomic E-state index is -0.264. The van der Waals surface area contributed by atoms with Gasteiger partial charge in [-0.25, -0.2) is 0 Å². The van der Waals surface area contributed by atoms with Crippen LogP contribution in [0.2, 0.25) is 0 Å². The molecule has 1 heterocycles. The van der Waals surface area contributed by atoms with Crippen LogP contribution in [0.15, 0.2) is 34.2 Å². The minimum Gasteiger partial charge on any atom is -0.496 e. The molecule has 2 aromatic rings. The average molecular weight is 357 g/mol. The van der Waals surface area contributed by atoms with Crippen LogP contribution in [0.4, 0.5) is 0 Å². The maximum Gasteiger partial charge on any atom is 0.258 e. The third-order valence-electron chi connectivity index (χ3n) is 4.36. The molecule has 3 rings (SSSR count). The van der Waals surface area contributed by atoms with Gasteiger partial charge in [0.25, 0.3) is 5.56 Å². The Labute approximate surface area is 150 Å². The molecule has 0 saturated heterocycles. The summed E-state index contributed by atoms with van der Waals surface area (Å²) in [7, 11) is 1.58. The number of thioether (sulfide) groups is 1. The van der Waals surface area contributed by atoms with Crippen LogP contribution in [-0.2, 0) is 5.75 Å². The Balaban J connectivity index is 1.91. The number of nitriles is 1. The fraction of sp³-hybridized carbons (Fsp3) is 0.389. The Morgan fingerprint density at radius 1 is 1.40 bits per heavy atom. The maximum absolute atomic E-state index is 12.4. The predicted octanol–water partition coefficient (Wildman–Crippen LogP) is 3.24. The van der Waals surface area contributed by atoms with Gasteiger partial charge in [-0.15, -0.1) is 0 Å². The van der Waals surface area contributed by atoms with E-state index >= 15 is 0 Å². The molecular weight excluding hydrogens is 338 g/mol. The molecule has 6 nitrogen and oxygen atoms in total. The summed E-state index contributed by atoms with van der Waals surface area (Å²) in [5.74, 6) is 0.905. The van der Waals surface area contributed by atoms with E-state index < -0.39 is 0 Å². The summed E-state index contributed by atoms with van der Waals surface area (Å²) in [5, 5.41) is 19.3. The maximum atomic E-state index is 12.4. The van der Waals surface area contributed by atoms with E-state index in [9.17, 15) is 9.90 Å².